The van der Waals surface area contributed by atoms with Gasteiger partial charge in [-0.15, -0.1) is 0 Å². The fourth-order valence-corrected chi connectivity index (χ4v) is 4.43. The van der Waals surface area contributed by atoms with E-state index < -0.39 is 5.60 Å². The average Bonchev–Trinajstić information content (AvgIpc) is 2.62. The molecule has 0 radical (unpaired) electrons. The van der Waals surface area contributed by atoms with Crippen molar-refractivity contribution in [1.82, 2.24) is 0 Å². The van der Waals surface area contributed by atoms with Crippen molar-refractivity contribution in [3.05, 3.63) is 35.9 Å². The highest BCUT2D eigenvalue weighted by Gasteiger charge is 2.68. The zero-order chi connectivity index (χ0) is 12.3. The molecule has 2 bridgehead atoms. The molecule has 92 valence electrons. The summed E-state index contributed by atoms with van der Waals surface area (Å²) in [5, 5.41) is 11.2. The smallest absolute Gasteiger partial charge is 0.0957 e. The molecule has 1 aromatic carbocycles. The molecule has 0 saturated heterocycles. The molecule has 3 atom stereocenters. The molecular weight excluding hydrogens is 208 g/mol. The Morgan fingerprint density at radius 3 is 2.24 bits per heavy atom. The molecule has 2 fully saturated rings. The van der Waals surface area contributed by atoms with Crippen molar-refractivity contribution in [2.24, 2.45) is 16.7 Å². The molecule has 1 aromatic rings. The third kappa shape index (κ3) is 1.14. The molecule has 2 saturated carbocycles. The first kappa shape index (κ1) is 11.3. The molecule has 3 rings (SSSR count). The molecule has 0 heterocycles. The quantitative estimate of drug-likeness (QED) is 0.779. The summed E-state index contributed by atoms with van der Waals surface area (Å²) in [5.74, 6) is 0.665. The second kappa shape index (κ2) is 3.14. The van der Waals surface area contributed by atoms with Crippen molar-refractivity contribution in [2.75, 3.05) is 0 Å². The maximum absolute atomic E-state index is 11.2. The molecule has 0 spiro atoms. The number of rotatable bonds is 1. The van der Waals surface area contributed by atoms with Crippen molar-refractivity contribution in [3.8, 4) is 0 Å². The van der Waals surface area contributed by atoms with Crippen LogP contribution in [-0.2, 0) is 5.60 Å². The number of hydrogen-bond acceptors (Lipinski definition) is 1. The molecule has 17 heavy (non-hydrogen) atoms. The summed E-state index contributed by atoms with van der Waals surface area (Å²) >= 11 is 0. The van der Waals surface area contributed by atoms with Crippen LogP contribution in [-0.4, -0.2) is 5.11 Å². The standard InChI is InChI=1S/C16H22O/c1-14(2)13-9-10-15(14,3)16(17,11-13)12-7-5-4-6-8-12/h4-8,13,17H,9-11H2,1-3H3/t13-,15?,16+/m1/s1. The van der Waals surface area contributed by atoms with Crippen LogP contribution >= 0.6 is 0 Å². The van der Waals surface area contributed by atoms with E-state index in [0.717, 1.165) is 18.4 Å². The predicted octanol–water partition coefficient (Wildman–Crippen LogP) is 3.72. The van der Waals surface area contributed by atoms with Gasteiger partial charge in [0.1, 0.15) is 0 Å². The second-order valence-corrected chi connectivity index (χ2v) is 6.72. The van der Waals surface area contributed by atoms with Gasteiger partial charge in [0.15, 0.2) is 0 Å². The van der Waals surface area contributed by atoms with Crippen LogP contribution in [0.3, 0.4) is 0 Å². The zero-order valence-corrected chi connectivity index (χ0v) is 11.0. The monoisotopic (exact) mass is 230 g/mol. The van der Waals surface area contributed by atoms with E-state index in [4.69, 9.17) is 0 Å². The maximum Gasteiger partial charge on any atom is 0.0957 e. The van der Waals surface area contributed by atoms with Crippen LogP contribution < -0.4 is 0 Å². The minimum atomic E-state index is -0.624. The molecule has 2 aliphatic carbocycles. The first-order chi connectivity index (χ1) is 7.92. The van der Waals surface area contributed by atoms with Gasteiger partial charge in [-0.2, -0.15) is 0 Å². The van der Waals surface area contributed by atoms with Crippen LogP contribution in [0.5, 0.6) is 0 Å². The van der Waals surface area contributed by atoms with Crippen LogP contribution in [0, 0.1) is 16.7 Å². The van der Waals surface area contributed by atoms with Crippen LogP contribution in [0.15, 0.2) is 30.3 Å². The van der Waals surface area contributed by atoms with E-state index in [9.17, 15) is 5.11 Å². The highest BCUT2D eigenvalue weighted by Crippen LogP contribution is 2.72. The number of hydrogen-bond donors (Lipinski definition) is 1. The Hall–Kier alpha value is -0.820. The Morgan fingerprint density at radius 2 is 1.76 bits per heavy atom. The van der Waals surface area contributed by atoms with Gasteiger partial charge < -0.3 is 5.11 Å². The molecule has 0 aliphatic heterocycles. The molecular formula is C16H22O. The predicted molar refractivity (Wildman–Crippen MR) is 69.6 cm³/mol. The number of benzene rings is 1. The van der Waals surface area contributed by atoms with Gasteiger partial charge in [-0.3, -0.25) is 0 Å². The Bertz CT molecular complexity index is 436. The van der Waals surface area contributed by atoms with Gasteiger partial charge >= 0.3 is 0 Å². The summed E-state index contributed by atoms with van der Waals surface area (Å²) in [6, 6.07) is 10.3. The van der Waals surface area contributed by atoms with E-state index in [1.165, 1.54) is 6.42 Å². The van der Waals surface area contributed by atoms with Crippen LogP contribution in [0.25, 0.3) is 0 Å². The van der Waals surface area contributed by atoms with Gasteiger partial charge in [-0.25, -0.2) is 0 Å². The fraction of sp³-hybridized carbons (Fsp3) is 0.625. The van der Waals surface area contributed by atoms with Crippen LogP contribution in [0.1, 0.15) is 45.6 Å². The fourth-order valence-electron chi connectivity index (χ4n) is 4.43. The van der Waals surface area contributed by atoms with Gasteiger partial charge in [0.2, 0.25) is 0 Å². The van der Waals surface area contributed by atoms with Crippen molar-refractivity contribution in [3.63, 3.8) is 0 Å². The lowest BCUT2D eigenvalue weighted by atomic mass is 9.62. The van der Waals surface area contributed by atoms with Gasteiger partial charge in [-0.05, 0) is 36.2 Å². The topological polar surface area (TPSA) is 20.2 Å². The van der Waals surface area contributed by atoms with Crippen molar-refractivity contribution in [2.45, 2.75) is 45.6 Å². The highest BCUT2D eigenvalue weighted by molar-refractivity contribution is 5.31. The van der Waals surface area contributed by atoms with E-state index in [1.54, 1.807) is 0 Å². The molecule has 2 aliphatic rings. The maximum atomic E-state index is 11.2. The van der Waals surface area contributed by atoms with Gasteiger partial charge in [0.25, 0.3) is 0 Å². The molecule has 0 amide bonds. The Balaban J connectivity index is 2.13. The van der Waals surface area contributed by atoms with Gasteiger partial charge in [0.05, 0.1) is 5.60 Å². The summed E-state index contributed by atoms with van der Waals surface area (Å²) in [7, 11) is 0. The molecule has 1 nitrogen and oxygen atoms in total. The minimum Gasteiger partial charge on any atom is -0.385 e. The molecule has 1 heteroatoms. The van der Waals surface area contributed by atoms with E-state index in [0.29, 0.717) is 5.92 Å². The summed E-state index contributed by atoms with van der Waals surface area (Å²) in [5.41, 5.74) is 0.752. The first-order valence-electron chi connectivity index (χ1n) is 6.70. The zero-order valence-electron chi connectivity index (χ0n) is 11.0. The Morgan fingerprint density at radius 1 is 1.12 bits per heavy atom. The lowest BCUT2D eigenvalue weighted by Gasteiger charge is -2.45. The molecule has 0 aromatic heterocycles. The number of fused-ring (bicyclic) bond motifs is 2. The Kier molecular flexibility index (Phi) is 2.08. The van der Waals surface area contributed by atoms with Crippen molar-refractivity contribution < 1.29 is 5.11 Å². The Labute approximate surface area is 104 Å². The molecule has 1 N–H and O–H groups in total. The van der Waals surface area contributed by atoms with E-state index in [-0.39, 0.29) is 10.8 Å². The summed E-state index contributed by atoms with van der Waals surface area (Å²) in [4.78, 5) is 0. The lowest BCUT2D eigenvalue weighted by molar-refractivity contribution is -0.0957. The number of aliphatic hydroxyl groups is 1. The van der Waals surface area contributed by atoms with Crippen LogP contribution in [0.4, 0.5) is 0 Å². The normalized spacial score (nSPS) is 42.9. The second-order valence-electron chi connectivity index (χ2n) is 6.72. The van der Waals surface area contributed by atoms with E-state index in [2.05, 4.69) is 32.9 Å². The van der Waals surface area contributed by atoms with Crippen molar-refractivity contribution >= 4 is 0 Å². The SMILES string of the molecule is CC1(C)[C@@H]2CCC1(C)[C@@](O)(c1ccccc1)C2. The van der Waals surface area contributed by atoms with E-state index >= 15 is 0 Å². The van der Waals surface area contributed by atoms with Crippen molar-refractivity contribution in [1.29, 1.82) is 0 Å². The highest BCUT2D eigenvalue weighted by atomic mass is 16.3. The van der Waals surface area contributed by atoms with Crippen LogP contribution in [0.2, 0.25) is 0 Å². The average molecular weight is 230 g/mol. The summed E-state index contributed by atoms with van der Waals surface area (Å²) in [6.45, 7) is 6.96. The first-order valence-corrected chi connectivity index (χ1v) is 6.70. The van der Waals surface area contributed by atoms with Gasteiger partial charge in [-0.1, -0.05) is 51.1 Å². The third-order valence-electron chi connectivity index (χ3n) is 6.14. The van der Waals surface area contributed by atoms with E-state index in [1.807, 2.05) is 18.2 Å². The van der Waals surface area contributed by atoms with Gasteiger partial charge in [0, 0.05) is 5.41 Å². The lowest BCUT2D eigenvalue weighted by Crippen LogP contribution is -2.44. The minimum absolute atomic E-state index is 0.0199. The summed E-state index contributed by atoms with van der Waals surface area (Å²) in [6.07, 6.45) is 3.36. The largest absolute Gasteiger partial charge is 0.385 e. The molecule has 1 unspecified atom stereocenters. The third-order valence-corrected chi connectivity index (χ3v) is 6.14. The summed E-state index contributed by atoms with van der Waals surface area (Å²) < 4.78 is 0.